The first-order valence-electron chi connectivity index (χ1n) is 5.29. The van der Waals surface area contributed by atoms with E-state index in [-0.39, 0.29) is 5.69 Å². The summed E-state index contributed by atoms with van der Waals surface area (Å²) in [5, 5.41) is 4.23. The maximum atomic E-state index is 12.0. The zero-order chi connectivity index (χ0) is 11.7. The summed E-state index contributed by atoms with van der Waals surface area (Å²) < 4.78 is 2.93. The Bertz CT molecular complexity index is 699. The van der Waals surface area contributed by atoms with Crippen LogP contribution in [0.3, 0.4) is 0 Å². The molecule has 0 saturated carbocycles. The zero-order valence-electron chi connectivity index (χ0n) is 9.02. The molecule has 0 fully saturated rings. The molecule has 3 heterocycles. The topological polar surface area (TPSA) is 52.2 Å². The van der Waals surface area contributed by atoms with Crippen molar-refractivity contribution in [2.75, 3.05) is 0 Å². The Balaban J connectivity index is 2.07. The number of fused-ring (bicyclic) bond motifs is 1. The van der Waals surface area contributed by atoms with Crippen molar-refractivity contribution < 1.29 is 0 Å². The summed E-state index contributed by atoms with van der Waals surface area (Å²) in [7, 11) is 0. The molecule has 0 saturated heterocycles. The highest BCUT2D eigenvalue weighted by molar-refractivity contribution is 5.35. The summed E-state index contributed by atoms with van der Waals surface area (Å²) in [5.41, 5.74) is 1.32. The number of hydrogen-bond acceptors (Lipinski definition) is 3. The smallest absolute Gasteiger partial charge is 0.259 e. The van der Waals surface area contributed by atoms with Crippen LogP contribution in [0, 0.1) is 0 Å². The summed E-state index contributed by atoms with van der Waals surface area (Å²) in [6, 6.07) is 11.1. The fourth-order valence-electron chi connectivity index (χ4n) is 1.72. The van der Waals surface area contributed by atoms with Gasteiger partial charge in [-0.15, -0.1) is 5.10 Å². The summed E-state index contributed by atoms with van der Waals surface area (Å²) in [5.74, 6) is 0. The van der Waals surface area contributed by atoms with Gasteiger partial charge in [-0.1, -0.05) is 12.1 Å². The van der Waals surface area contributed by atoms with Crippen molar-refractivity contribution in [2.45, 2.75) is 6.54 Å². The van der Waals surface area contributed by atoms with E-state index >= 15 is 0 Å². The number of pyridine rings is 2. The van der Waals surface area contributed by atoms with Crippen LogP contribution in [0.25, 0.3) is 5.65 Å². The van der Waals surface area contributed by atoms with Crippen LogP contribution in [0.1, 0.15) is 5.69 Å². The van der Waals surface area contributed by atoms with Crippen LogP contribution < -0.4 is 5.69 Å². The Morgan fingerprint density at radius 2 is 2.00 bits per heavy atom. The van der Waals surface area contributed by atoms with Gasteiger partial charge < -0.3 is 0 Å². The van der Waals surface area contributed by atoms with E-state index in [0.29, 0.717) is 12.2 Å². The number of aromatic nitrogens is 4. The minimum atomic E-state index is -0.147. The maximum Gasteiger partial charge on any atom is 0.350 e. The molecule has 3 aromatic rings. The molecule has 0 aliphatic heterocycles. The van der Waals surface area contributed by atoms with Gasteiger partial charge in [0.05, 0.1) is 12.2 Å². The lowest BCUT2D eigenvalue weighted by atomic mass is 10.3. The normalized spacial score (nSPS) is 10.8. The number of rotatable bonds is 2. The molecule has 3 rings (SSSR count). The predicted octanol–water partition coefficient (Wildman–Crippen LogP) is 0.939. The van der Waals surface area contributed by atoms with Gasteiger partial charge in [0, 0.05) is 12.4 Å². The molecule has 0 atom stereocenters. The molecular formula is C12H10N4O. The molecule has 0 aromatic carbocycles. The lowest BCUT2D eigenvalue weighted by Crippen LogP contribution is -2.21. The monoisotopic (exact) mass is 226 g/mol. The van der Waals surface area contributed by atoms with Gasteiger partial charge in [-0.3, -0.25) is 9.38 Å². The van der Waals surface area contributed by atoms with Crippen LogP contribution in [0.5, 0.6) is 0 Å². The van der Waals surface area contributed by atoms with E-state index in [0.717, 1.165) is 5.69 Å². The van der Waals surface area contributed by atoms with E-state index in [1.54, 1.807) is 24.5 Å². The summed E-state index contributed by atoms with van der Waals surface area (Å²) in [4.78, 5) is 16.1. The van der Waals surface area contributed by atoms with Gasteiger partial charge in [0.1, 0.15) is 0 Å². The lowest BCUT2D eigenvalue weighted by molar-refractivity contribution is 0.646. The van der Waals surface area contributed by atoms with Crippen molar-refractivity contribution in [3.63, 3.8) is 0 Å². The molecule has 5 nitrogen and oxygen atoms in total. The van der Waals surface area contributed by atoms with Crippen molar-refractivity contribution in [1.29, 1.82) is 0 Å². The third-order valence-electron chi connectivity index (χ3n) is 2.53. The average molecular weight is 226 g/mol. The van der Waals surface area contributed by atoms with Crippen LogP contribution in [-0.4, -0.2) is 19.2 Å². The molecule has 0 aliphatic rings. The molecule has 0 radical (unpaired) electrons. The van der Waals surface area contributed by atoms with E-state index in [4.69, 9.17) is 0 Å². The van der Waals surface area contributed by atoms with Gasteiger partial charge in [0.15, 0.2) is 5.65 Å². The molecular weight excluding hydrogens is 216 g/mol. The SMILES string of the molecule is O=c1n(Cc2ccccn2)nc2ccccn12. The van der Waals surface area contributed by atoms with Crippen LogP contribution in [0.4, 0.5) is 0 Å². The van der Waals surface area contributed by atoms with Gasteiger partial charge in [-0.05, 0) is 24.3 Å². The molecule has 0 spiro atoms. The molecule has 17 heavy (non-hydrogen) atoms. The Kier molecular flexibility index (Phi) is 2.22. The highest BCUT2D eigenvalue weighted by Gasteiger charge is 2.06. The third-order valence-corrected chi connectivity index (χ3v) is 2.53. The maximum absolute atomic E-state index is 12.0. The van der Waals surface area contributed by atoms with Crippen molar-refractivity contribution in [1.82, 2.24) is 19.2 Å². The second kappa shape index (κ2) is 3.86. The number of nitrogens with zero attached hydrogens (tertiary/aromatic N) is 4. The van der Waals surface area contributed by atoms with E-state index in [2.05, 4.69) is 10.1 Å². The largest absolute Gasteiger partial charge is 0.350 e. The Hall–Kier alpha value is -2.43. The van der Waals surface area contributed by atoms with Crippen LogP contribution in [-0.2, 0) is 6.54 Å². The second-order valence-electron chi connectivity index (χ2n) is 3.69. The fourth-order valence-corrected chi connectivity index (χ4v) is 1.72. The summed E-state index contributed by atoms with van der Waals surface area (Å²) in [6.07, 6.45) is 3.41. The summed E-state index contributed by atoms with van der Waals surface area (Å²) in [6.45, 7) is 0.390. The van der Waals surface area contributed by atoms with Crippen LogP contribution in [0.2, 0.25) is 0 Å². The molecule has 5 heteroatoms. The van der Waals surface area contributed by atoms with E-state index in [1.165, 1.54) is 9.08 Å². The lowest BCUT2D eigenvalue weighted by Gasteiger charge is -1.97. The minimum absolute atomic E-state index is 0.147. The molecule has 84 valence electrons. The van der Waals surface area contributed by atoms with E-state index < -0.39 is 0 Å². The molecule has 0 amide bonds. The van der Waals surface area contributed by atoms with Gasteiger partial charge in [-0.25, -0.2) is 9.48 Å². The van der Waals surface area contributed by atoms with Crippen molar-refractivity contribution in [3.8, 4) is 0 Å². The second-order valence-corrected chi connectivity index (χ2v) is 3.69. The average Bonchev–Trinajstić information content (AvgIpc) is 2.68. The molecule has 0 N–H and O–H groups in total. The van der Waals surface area contributed by atoms with E-state index in [1.807, 2.05) is 24.3 Å². The first-order chi connectivity index (χ1) is 8.34. The van der Waals surface area contributed by atoms with Gasteiger partial charge in [-0.2, -0.15) is 0 Å². The molecule has 0 unspecified atom stereocenters. The molecule has 0 bridgehead atoms. The molecule has 3 aromatic heterocycles. The predicted molar refractivity (Wildman–Crippen MR) is 62.8 cm³/mol. The van der Waals surface area contributed by atoms with Crippen molar-refractivity contribution >= 4 is 5.65 Å². The standard InChI is InChI=1S/C12H10N4O/c17-12-15-8-4-2-6-11(15)14-16(12)9-10-5-1-3-7-13-10/h1-8H,9H2. The Labute approximate surface area is 97.0 Å². The van der Waals surface area contributed by atoms with E-state index in [9.17, 15) is 4.79 Å². The molecule has 0 aliphatic carbocycles. The summed E-state index contributed by atoms with van der Waals surface area (Å²) >= 11 is 0. The Morgan fingerprint density at radius 3 is 2.76 bits per heavy atom. The van der Waals surface area contributed by atoms with Gasteiger partial charge >= 0.3 is 5.69 Å². The first kappa shape index (κ1) is 9.77. The first-order valence-corrected chi connectivity index (χ1v) is 5.29. The third kappa shape index (κ3) is 1.71. The fraction of sp³-hybridized carbons (Fsp3) is 0.0833. The van der Waals surface area contributed by atoms with Crippen LogP contribution >= 0.6 is 0 Å². The van der Waals surface area contributed by atoms with Crippen LogP contribution in [0.15, 0.2) is 53.6 Å². The van der Waals surface area contributed by atoms with Crippen molar-refractivity contribution in [3.05, 3.63) is 65.0 Å². The van der Waals surface area contributed by atoms with Gasteiger partial charge in [0.25, 0.3) is 0 Å². The highest BCUT2D eigenvalue weighted by Crippen LogP contribution is 1.98. The zero-order valence-corrected chi connectivity index (χ0v) is 9.02. The Morgan fingerprint density at radius 1 is 1.12 bits per heavy atom. The quantitative estimate of drug-likeness (QED) is 0.653. The highest BCUT2D eigenvalue weighted by atomic mass is 16.2. The van der Waals surface area contributed by atoms with Gasteiger partial charge in [0.2, 0.25) is 0 Å². The van der Waals surface area contributed by atoms with Crippen molar-refractivity contribution in [2.24, 2.45) is 0 Å². The number of hydrogen-bond donors (Lipinski definition) is 0. The minimum Gasteiger partial charge on any atom is -0.259 e.